The van der Waals surface area contributed by atoms with Gasteiger partial charge < -0.3 is 20.9 Å². The van der Waals surface area contributed by atoms with E-state index in [1.54, 1.807) is 17.0 Å². The predicted octanol–water partition coefficient (Wildman–Crippen LogP) is 2.67. The summed E-state index contributed by atoms with van der Waals surface area (Å²) >= 11 is 0. The monoisotopic (exact) mass is 340 g/mol. The van der Waals surface area contributed by atoms with Gasteiger partial charge in [0, 0.05) is 19.5 Å². The molecule has 0 unspecified atom stereocenters. The highest BCUT2D eigenvalue weighted by molar-refractivity contribution is 5.99. The number of rotatable bonds is 6. The maximum atomic E-state index is 12.2. The van der Waals surface area contributed by atoms with Crippen molar-refractivity contribution in [3.63, 3.8) is 0 Å². The predicted molar refractivity (Wildman–Crippen MR) is 95.3 cm³/mol. The molecule has 7 heteroatoms. The minimum absolute atomic E-state index is 0. The van der Waals surface area contributed by atoms with Crippen LogP contribution in [0.5, 0.6) is 0 Å². The Hall–Kier alpha value is -1.79. The number of benzene rings is 1. The van der Waals surface area contributed by atoms with Crippen molar-refractivity contribution in [2.75, 3.05) is 37.3 Å². The maximum Gasteiger partial charge on any atom is 0.321 e. The normalized spacial score (nSPS) is 13.3. The molecule has 23 heavy (non-hydrogen) atoms. The molecule has 3 N–H and O–H groups in total. The van der Waals surface area contributed by atoms with Crippen LogP contribution in [0.25, 0.3) is 0 Å². The SMILES string of the molecule is CNCCCC(=O)Nc1ccccc1NC(=O)N1CCCC1.Cl. The minimum Gasteiger partial charge on any atom is -0.325 e. The van der Waals surface area contributed by atoms with Crippen LogP contribution in [-0.2, 0) is 4.79 Å². The van der Waals surface area contributed by atoms with Crippen molar-refractivity contribution >= 4 is 35.7 Å². The maximum absolute atomic E-state index is 12.2. The number of para-hydroxylation sites is 2. The van der Waals surface area contributed by atoms with Crippen molar-refractivity contribution in [2.24, 2.45) is 0 Å². The lowest BCUT2D eigenvalue weighted by Crippen LogP contribution is -2.32. The summed E-state index contributed by atoms with van der Waals surface area (Å²) in [5.41, 5.74) is 1.28. The van der Waals surface area contributed by atoms with Gasteiger partial charge in [-0.2, -0.15) is 0 Å². The second kappa shape index (κ2) is 10.1. The molecule has 128 valence electrons. The van der Waals surface area contributed by atoms with E-state index in [0.29, 0.717) is 17.8 Å². The van der Waals surface area contributed by atoms with Crippen molar-refractivity contribution in [3.05, 3.63) is 24.3 Å². The van der Waals surface area contributed by atoms with Crippen LogP contribution in [0.1, 0.15) is 25.7 Å². The Kier molecular flexibility index (Phi) is 8.43. The molecule has 1 aromatic rings. The lowest BCUT2D eigenvalue weighted by Gasteiger charge is -2.18. The Balaban J connectivity index is 0.00000264. The zero-order valence-electron chi connectivity index (χ0n) is 13.4. The van der Waals surface area contributed by atoms with Crippen molar-refractivity contribution in [1.82, 2.24) is 10.2 Å². The highest BCUT2D eigenvalue weighted by Crippen LogP contribution is 2.22. The molecule has 0 saturated carbocycles. The fourth-order valence-electron chi connectivity index (χ4n) is 2.45. The van der Waals surface area contributed by atoms with Crippen molar-refractivity contribution in [1.29, 1.82) is 0 Å². The van der Waals surface area contributed by atoms with E-state index in [9.17, 15) is 9.59 Å². The van der Waals surface area contributed by atoms with E-state index in [4.69, 9.17) is 0 Å². The van der Waals surface area contributed by atoms with Gasteiger partial charge in [0.2, 0.25) is 5.91 Å². The Morgan fingerprint density at radius 2 is 1.70 bits per heavy atom. The van der Waals surface area contributed by atoms with Crippen LogP contribution in [0.2, 0.25) is 0 Å². The molecular formula is C16H25ClN4O2. The van der Waals surface area contributed by atoms with Crippen LogP contribution in [-0.4, -0.2) is 43.5 Å². The number of nitrogens with zero attached hydrogens (tertiary/aromatic N) is 1. The molecule has 0 radical (unpaired) electrons. The highest BCUT2D eigenvalue weighted by atomic mass is 35.5. The molecular weight excluding hydrogens is 316 g/mol. The molecule has 0 bridgehead atoms. The number of hydrogen-bond acceptors (Lipinski definition) is 3. The van der Waals surface area contributed by atoms with E-state index in [1.807, 2.05) is 19.2 Å². The van der Waals surface area contributed by atoms with Crippen molar-refractivity contribution in [3.8, 4) is 0 Å². The van der Waals surface area contributed by atoms with Gasteiger partial charge in [-0.15, -0.1) is 12.4 Å². The van der Waals surface area contributed by atoms with E-state index in [2.05, 4.69) is 16.0 Å². The number of carbonyl (C=O) groups excluding carboxylic acids is 2. The second-order valence-electron chi connectivity index (χ2n) is 5.43. The number of anilines is 2. The van der Waals surface area contributed by atoms with Crippen molar-refractivity contribution in [2.45, 2.75) is 25.7 Å². The number of carbonyl (C=O) groups is 2. The Bertz CT molecular complexity index is 519. The fourth-order valence-corrected chi connectivity index (χ4v) is 2.45. The Labute approximate surface area is 143 Å². The average Bonchev–Trinajstić information content (AvgIpc) is 3.04. The Morgan fingerprint density at radius 3 is 2.30 bits per heavy atom. The standard InChI is InChI=1S/C16H24N4O2.ClH/c1-17-10-6-9-15(21)18-13-7-2-3-8-14(13)19-16(22)20-11-4-5-12-20;/h2-3,7-8,17H,4-6,9-12H2,1H3,(H,18,21)(H,19,22);1H. The number of hydrogen-bond donors (Lipinski definition) is 3. The van der Waals surface area contributed by atoms with Crippen LogP contribution in [0, 0.1) is 0 Å². The number of nitrogens with one attached hydrogen (secondary N) is 3. The number of likely N-dealkylation sites (tertiary alicyclic amines) is 1. The quantitative estimate of drug-likeness (QED) is 0.697. The van der Waals surface area contributed by atoms with Gasteiger partial charge in [0.15, 0.2) is 0 Å². The summed E-state index contributed by atoms with van der Waals surface area (Å²) in [4.78, 5) is 25.9. The molecule has 1 aliphatic rings. The van der Waals surface area contributed by atoms with Gasteiger partial charge in [-0.25, -0.2) is 4.79 Å². The van der Waals surface area contributed by atoms with Gasteiger partial charge in [0.1, 0.15) is 0 Å². The third kappa shape index (κ3) is 6.08. The van der Waals surface area contributed by atoms with Crippen LogP contribution in [0.4, 0.5) is 16.2 Å². The molecule has 1 aliphatic heterocycles. The smallest absolute Gasteiger partial charge is 0.321 e. The first kappa shape index (κ1) is 19.3. The summed E-state index contributed by atoms with van der Waals surface area (Å²) < 4.78 is 0. The van der Waals surface area contributed by atoms with Crippen molar-refractivity contribution < 1.29 is 9.59 Å². The molecule has 1 heterocycles. The molecule has 1 aromatic carbocycles. The van der Waals surface area contributed by atoms with Crippen LogP contribution in [0.3, 0.4) is 0 Å². The molecule has 6 nitrogen and oxygen atoms in total. The first-order valence-corrected chi connectivity index (χ1v) is 7.80. The Morgan fingerprint density at radius 1 is 1.09 bits per heavy atom. The minimum atomic E-state index is -0.102. The molecule has 1 fully saturated rings. The summed E-state index contributed by atoms with van der Waals surface area (Å²) in [6, 6.07) is 7.19. The van der Waals surface area contributed by atoms with E-state index in [0.717, 1.165) is 38.9 Å². The lowest BCUT2D eigenvalue weighted by atomic mass is 10.2. The summed E-state index contributed by atoms with van der Waals surface area (Å²) in [5.74, 6) is -0.0434. The topological polar surface area (TPSA) is 73.5 Å². The summed E-state index contributed by atoms with van der Waals surface area (Å²) in [5, 5.41) is 8.76. The molecule has 0 spiro atoms. The molecule has 0 atom stereocenters. The van der Waals surface area contributed by atoms with E-state index in [1.165, 1.54) is 0 Å². The zero-order valence-corrected chi connectivity index (χ0v) is 14.2. The zero-order chi connectivity index (χ0) is 15.8. The fraction of sp³-hybridized carbons (Fsp3) is 0.500. The number of amides is 3. The second-order valence-corrected chi connectivity index (χ2v) is 5.43. The van der Waals surface area contributed by atoms with E-state index < -0.39 is 0 Å². The van der Waals surface area contributed by atoms with Gasteiger partial charge >= 0.3 is 6.03 Å². The van der Waals surface area contributed by atoms with Crippen LogP contribution < -0.4 is 16.0 Å². The summed E-state index contributed by atoms with van der Waals surface area (Å²) in [6.07, 6.45) is 3.34. The molecule has 2 rings (SSSR count). The third-order valence-corrected chi connectivity index (χ3v) is 3.67. The third-order valence-electron chi connectivity index (χ3n) is 3.67. The molecule has 1 saturated heterocycles. The van der Waals surface area contributed by atoms with Crippen LogP contribution in [0.15, 0.2) is 24.3 Å². The average molecular weight is 341 g/mol. The molecule has 0 aliphatic carbocycles. The van der Waals surface area contributed by atoms with Gasteiger partial charge in [-0.05, 0) is 45.0 Å². The number of halogens is 1. The lowest BCUT2D eigenvalue weighted by molar-refractivity contribution is -0.116. The van der Waals surface area contributed by atoms with E-state index in [-0.39, 0.29) is 24.3 Å². The number of urea groups is 1. The molecule has 0 aromatic heterocycles. The van der Waals surface area contributed by atoms with Gasteiger partial charge in [0.05, 0.1) is 11.4 Å². The van der Waals surface area contributed by atoms with E-state index >= 15 is 0 Å². The van der Waals surface area contributed by atoms with Gasteiger partial charge in [0.25, 0.3) is 0 Å². The van der Waals surface area contributed by atoms with Gasteiger partial charge in [-0.1, -0.05) is 12.1 Å². The largest absolute Gasteiger partial charge is 0.325 e. The molecule has 3 amide bonds. The summed E-state index contributed by atoms with van der Waals surface area (Å²) in [7, 11) is 1.86. The van der Waals surface area contributed by atoms with Crippen LogP contribution >= 0.6 is 12.4 Å². The first-order chi connectivity index (χ1) is 10.7. The highest BCUT2D eigenvalue weighted by Gasteiger charge is 2.18. The van der Waals surface area contributed by atoms with Gasteiger partial charge in [-0.3, -0.25) is 4.79 Å². The first-order valence-electron chi connectivity index (χ1n) is 7.80. The summed E-state index contributed by atoms with van der Waals surface area (Å²) in [6.45, 7) is 2.40.